The second kappa shape index (κ2) is 6.70. The summed E-state index contributed by atoms with van der Waals surface area (Å²) in [6.45, 7) is 3.73. The number of hydrogen-bond donors (Lipinski definition) is 2. The van der Waals surface area contributed by atoms with Crippen LogP contribution < -0.4 is 11.1 Å². The van der Waals surface area contributed by atoms with Gasteiger partial charge in [0, 0.05) is 31.7 Å². The Morgan fingerprint density at radius 2 is 2.05 bits per heavy atom. The highest BCUT2D eigenvalue weighted by molar-refractivity contribution is 5.55. The van der Waals surface area contributed by atoms with Crippen molar-refractivity contribution in [3.05, 3.63) is 11.4 Å². The molecule has 3 N–H and O–H groups in total. The van der Waals surface area contributed by atoms with E-state index >= 15 is 0 Å². The molecule has 1 fully saturated rings. The fourth-order valence-electron chi connectivity index (χ4n) is 2.00. The van der Waals surface area contributed by atoms with E-state index in [2.05, 4.69) is 15.3 Å². The van der Waals surface area contributed by atoms with Crippen molar-refractivity contribution in [2.45, 2.75) is 44.9 Å². The summed E-state index contributed by atoms with van der Waals surface area (Å²) < 4.78 is 5.03. The van der Waals surface area contributed by atoms with E-state index in [4.69, 9.17) is 10.5 Å². The van der Waals surface area contributed by atoms with Crippen LogP contribution in [0.2, 0.25) is 0 Å². The SMILES string of the molecule is COCCCCCNc1nc(C2CC2)nc(N)c1C. The zero-order chi connectivity index (χ0) is 13.7. The summed E-state index contributed by atoms with van der Waals surface area (Å²) in [5.74, 6) is 2.95. The van der Waals surface area contributed by atoms with Gasteiger partial charge in [0.1, 0.15) is 17.5 Å². The highest BCUT2D eigenvalue weighted by Crippen LogP contribution is 2.39. The third-order valence-electron chi connectivity index (χ3n) is 3.46. The minimum Gasteiger partial charge on any atom is -0.385 e. The van der Waals surface area contributed by atoms with E-state index in [1.54, 1.807) is 7.11 Å². The lowest BCUT2D eigenvalue weighted by molar-refractivity contribution is 0.192. The predicted octanol–water partition coefficient (Wildman–Crippen LogP) is 2.47. The molecule has 1 saturated carbocycles. The molecule has 106 valence electrons. The highest BCUT2D eigenvalue weighted by Gasteiger charge is 2.27. The molecule has 1 aromatic heterocycles. The van der Waals surface area contributed by atoms with Crippen molar-refractivity contribution < 1.29 is 4.74 Å². The van der Waals surface area contributed by atoms with Crippen LogP contribution in [0, 0.1) is 6.92 Å². The average molecular weight is 264 g/mol. The Hall–Kier alpha value is -1.36. The van der Waals surface area contributed by atoms with Gasteiger partial charge in [-0.25, -0.2) is 9.97 Å². The summed E-state index contributed by atoms with van der Waals surface area (Å²) in [4.78, 5) is 8.98. The summed E-state index contributed by atoms with van der Waals surface area (Å²) in [5, 5.41) is 3.38. The summed E-state index contributed by atoms with van der Waals surface area (Å²) in [5.41, 5.74) is 6.91. The van der Waals surface area contributed by atoms with Crippen molar-refractivity contribution in [2.24, 2.45) is 0 Å². The van der Waals surface area contributed by atoms with Crippen molar-refractivity contribution in [1.29, 1.82) is 0 Å². The van der Waals surface area contributed by atoms with E-state index in [0.29, 0.717) is 11.7 Å². The molecule has 1 aliphatic rings. The first-order valence-electron chi connectivity index (χ1n) is 7.09. The zero-order valence-electron chi connectivity index (χ0n) is 11.9. The Kier molecular flexibility index (Phi) is 4.96. The topological polar surface area (TPSA) is 73.1 Å². The van der Waals surface area contributed by atoms with Crippen LogP contribution in [0.15, 0.2) is 0 Å². The summed E-state index contributed by atoms with van der Waals surface area (Å²) >= 11 is 0. The number of rotatable bonds is 8. The average Bonchev–Trinajstić information content (AvgIpc) is 3.22. The Morgan fingerprint density at radius 1 is 1.26 bits per heavy atom. The molecule has 1 heterocycles. The molecule has 5 heteroatoms. The van der Waals surface area contributed by atoms with Crippen LogP contribution in [-0.4, -0.2) is 30.2 Å². The lowest BCUT2D eigenvalue weighted by Crippen LogP contribution is -2.10. The second-order valence-electron chi connectivity index (χ2n) is 5.20. The van der Waals surface area contributed by atoms with E-state index in [0.717, 1.165) is 49.6 Å². The number of hydrogen-bond acceptors (Lipinski definition) is 5. The quantitative estimate of drug-likeness (QED) is 0.706. The molecule has 0 aliphatic heterocycles. The molecular weight excluding hydrogens is 240 g/mol. The Morgan fingerprint density at radius 3 is 2.74 bits per heavy atom. The highest BCUT2D eigenvalue weighted by atomic mass is 16.5. The van der Waals surface area contributed by atoms with E-state index in [1.165, 1.54) is 12.8 Å². The van der Waals surface area contributed by atoms with Gasteiger partial charge in [-0.3, -0.25) is 0 Å². The number of anilines is 2. The normalized spacial score (nSPS) is 14.6. The lowest BCUT2D eigenvalue weighted by atomic mass is 10.2. The molecule has 0 atom stereocenters. The first-order valence-corrected chi connectivity index (χ1v) is 7.09. The van der Waals surface area contributed by atoms with Gasteiger partial charge in [0.2, 0.25) is 0 Å². The second-order valence-corrected chi connectivity index (χ2v) is 5.20. The maximum absolute atomic E-state index is 5.95. The van der Waals surface area contributed by atoms with Crippen molar-refractivity contribution in [2.75, 3.05) is 31.3 Å². The van der Waals surface area contributed by atoms with Gasteiger partial charge < -0.3 is 15.8 Å². The molecule has 0 amide bonds. The van der Waals surface area contributed by atoms with Gasteiger partial charge in [-0.15, -0.1) is 0 Å². The largest absolute Gasteiger partial charge is 0.385 e. The number of ether oxygens (including phenoxy) is 1. The fourth-order valence-corrected chi connectivity index (χ4v) is 2.00. The molecule has 2 rings (SSSR count). The number of nitrogens with zero attached hydrogens (tertiary/aromatic N) is 2. The van der Waals surface area contributed by atoms with Crippen LogP contribution in [-0.2, 0) is 4.74 Å². The first-order chi connectivity index (χ1) is 9.22. The summed E-state index contributed by atoms with van der Waals surface area (Å²) in [6, 6.07) is 0. The molecule has 0 spiro atoms. The van der Waals surface area contributed by atoms with E-state index in [1.807, 2.05) is 6.92 Å². The fraction of sp³-hybridized carbons (Fsp3) is 0.714. The van der Waals surface area contributed by atoms with Crippen molar-refractivity contribution in [3.8, 4) is 0 Å². The van der Waals surface area contributed by atoms with Crippen LogP contribution in [0.3, 0.4) is 0 Å². The van der Waals surface area contributed by atoms with Gasteiger partial charge in [-0.1, -0.05) is 0 Å². The minimum atomic E-state index is 0.533. The van der Waals surface area contributed by atoms with Crippen LogP contribution in [0.4, 0.5) is 11.6 Å². The van der Waals surface area contributed by atoms with Crippen LogP contribution >= 0.6 is 0 Å². The smallest absolute Gasteiger partial charge is 0.136 e. The number of nitrogen functional groups attached to an aromatic ring is 1. The molecular formula is C14H24N4O. The molecule has 0 unspecified atom stereocenters. The van der Waals surface area contributed by atoms with E-state index in [-0.39, 0.29) is 0 Å². The molecule has 1 aromatic rings. The number of nitrogens with one attached hydrogen (secondary N) is 1. The van der Waals surface area contributed by atoms with Crippen molar-refractivity contribution >= 4 is 11.6 Å². The molecule has 1 aliphatic carbocycles. The summed E-state index contributed by atoms with van der Waals surface area (Å²) in [7, 11) is 1.74. The van der Waals surface area contributed by atoms with Gasteiger partial charge in [-0.2, -0.15) is 0 Å². The molecule has 0 bridgehead atoms. The van der Waals surface area contributed by atoms with Crippen LogP contribution in [0.25, 0.3) is 0 Å². The van der Waals surface area contributed by atoms with Gasteiger partial charge in [0.15, 0.2) is 0 Å². The number of methoxy groups -OCH3 is 1. The van der Waals surface area contributed by atoms with Gasteiger partial charge in [0.25, 0.3) is 0 Å². The number of aromatic nitrogens is 2. The third-order valence-corrected chi connectivity index (χ3v) is 3.46. The lowest BCUT2D eigenvalue weighted by Gasteiger charge is -2.11. The van der Waals surface area contributed by atoms with Crippen molar-refractivity contribution in [1.82, 2.24) is 9.97 Å². The molecule has 0 radical (unpaired) electrons. The Labute approximate surface area is 115 Å². The van der Waals surface area contributed by atoms with Gasteiger partial charge in [0.05, 0.1) is 0 Å². The molecule has 19 heavy (non-hydrogen) atoms. The molecule has 0 saturated heterocycles. The third kappa shape index (κ3) is 4.06. The van der Waals surface area contributed by atoms with E-state index < -0.39 is 0 Å². The number of unbranched alkanes of at least 4 members (excludes halogenated alkanes) is 2. The Bertz CT molecular complexity index is 418. The van der Waals surface area contributed by atoms with Crippen LogP contribution in [0.1, 0.15) is 49.4 Å². The minimum absolute atomic E-state index is 0.533. The van der Waals surface area contributed by atoms with Gasteiger partial charge in [-0.05, 0) is 39.0 Å². The van der Waals surface area contributed by atoms with E-state index in [9.17, 15) is 0 Å². The molecule has 0 aromatic carbocycles. The number of nitrogens with two attached hydrogens (primary N) is 1. The standard InChI is InChI=1S/C14H24N4O/c1-10-12(15)17-14(11-6-7-11)18-13(10)16-8-4-3-5-9-19-2/h11H,3-9H2,1-2H3,(H3,15,16,17,18). The predicted molar refractivity (Wildman–Crippen MR) is 77.4 cm³/mol. The van der Waals surface area contributed by atoms with Crippen molar-refractivity contribution in [3.63, 3.8) is 0 Å². The maximum Gasteiger partial charge on any atom is 0.136 e. The zero-order valence-corrected chi connectivity index (χ0v) is 11.9. The van der Waals surface area contributed by atoms with Crippen LogP contribution in [0.5, 0.6) is 0 Å². The summed E-state index contributed by atoms with van der Waals surface area (Å²) in [6.07, 6.45) is 5.77. The first kappa shape index (κ1) is 14.1. The van der Waals surface area contributed by atoms with Gasteiger partial charge >= 0.3 is 0 Å². The maximum atomic E-state index is 5.95. The monoisotopic (exact) mass is 264 g/mol. The molecule has 5 nitrogen and oxygen atoms in total. The Balaban J connectivity index is 1.84.